The Balaban J connectivity index is 2.34. The molecule has 0 bridgehead atoms. The van der Waals surface area contributed by atoms with Gasteiger partial charge in [-0.25, -0.2) is 0 Å². The van der Waals surface area contributed by atoms with Crippen LogP contribution in [0.15, 0.2) is 12.1 Å². The van der Waals surface area contributed by atoms with E-state index in [2.05, 4.69) is 5.32 Å². The Morgan fingerprint density at radius 2 is 2.27 bits per heavy atom. The molecular formula is C11H12ClNO2. The van der Waals surface area contributed by atoms with Gasteiger partial charge in [0, 0.05) is 17.3 Å². The summed E-state index contributed by atoms with van der Waals surface area (Å²) in [5.41, 5.74) is 2.86. The number of aryl methyl sites for hydroxylation is 1. The zero-order chi connectivity index (χ0) is 10.8. The number of fused-ring (bicyclic) bond motifs is 1. The van der Waals surface area contributed by atoms with Crippen molar-refractivity contribution in [3.05, 3.63) is 28.3 Å². The summed E-state index contributed by atoms with van der Waals surface area (Å²) in [5.74, 6) is 0.0116. The second-order valence-corrected chi connectivity index (χ2v) is 4.09. The molecule has 4 heteroatoms. The van der Waals surface area contributed by atoms with E-state index in [0.29, 0.717) is 17.9 Å². The molecule has 0 saturated heterocycles. The van der Waals surface area contributed by atoms with E-state index < -0.39 is 0 Å². The molecule has 0 saturated carbocycles. The van der Waals surface area contributed by atoms with E-state index in [9.17, 15) is 4.79 Å². The van der Waals surface area contributed by atoms with E-state index in [1.54, 1.807) is 0 Å². The molecule has 1 aromatic rings. The molecule has 0 aromatic heterocycles. The van der Waals surface area contributed by atoms with Gasteiger partial charge in [0.05, 0.1) is 6.42 Å². The van der Waals surface area contributed by atoms with Crippen LogP contribution in [-0.4, -0.2) is 17.6 Å². The lowest BCUT2D eigenvalue weighted by Crippen LogP contribution is -2.05. The summed E-state index contributed by atoms with van der Waals surface area (Å²) in [4.78, 5) is 11.2. The number of aliphatic hydroxyl groups excluding tert-OH is 1. The van der Waals surface area contributed by atoms with Crippen LogP contribution >= 0.6 is 11.6 Å². The highest BCUT2D eigenvalue weighted by atomic mass is 35.5. The van der Waals surface area contributed by atoms with Crippen molar-refractivity contribution in [3.63, 3.8) is 0 Å². The second-order valence-electron chi connectivity index (χ2n) is 3.65. The Bertz CT molecular complexity index is 404. The average Bonchev–Trinajstić information content (AvgIpc) is 2.54. The Morgan fingerprint density at radius 1 is 1.47 bits per heavy atom. The lowest BCUT2D eigenvalue weighted by Gasteiger charge is -2.08. The molecule has 2 rings (SSSR count). The van der Waals surface area contributed by atoms with Crippen molar-refractivity contribution < 1.29 is 9.90 Å². The van der Waals surface area contributed by atoms with Crippen molar-refractivity contribution in [1.29, 1.82) is 0 Å². The standard InChI is InChI=1S/C11H12ClNO2/c12-9-4-7(2-1-3-14)11-8(5-9)6-10(15)13-11/h4-5,14H,1-3,6H2,(H,13,15). The van der Waals surface area contributed by atoms with Gasteiger partial charge in [-0.3, -0.25) is 4.79 Å². The highest BCUT2D eigenvalue weighted by molar-refractivity contribution is 6.31. The van der Waals surface area contributed by atoms with Gasteiger partial charge in [0.2, 0.25) is 5.91 Å². The number of halogens is 1. The van der Waals surface area contributed by atoms with E-state index >= 15 is 0 Å². The van der Waals surface area contributed by atoms with Crippen LogP contribution in [0.5, 0.6) is 0 Å². The lowest BCUT2D eigenvalue weighted by atomic mass is 10.0. The van der Waals surface area contributed by atoms with Gasteiger partial charge in [0.25, 0.3) is 0 Å². The summed E-state index contributed by atoms with van der Waals surface area (Å²) < 4.78 is 0. The highest BCUT2D eigenvalue weighted by Gasteiger charge is 2.20. The maximum atomic E-state index is 11.2. The maximum Gasteiger partial charge on any atom is 0.228 e. The summed E-state index contributed by atoms with van der Waals surface area (Å²) >= 11 is 5.95. The third-order valence-electron chi connectivity index (χ3n) is 2.49. The molecule has 0 unspecified atom stereocenters. The molecule has 3 nitrogen and oxygen atoms in total. The van der Waals surface area contributed by atoms with Crippen LogP contribution in [0.25, 0.3) is 0 Å². The Hall–Kier alpha value is -1.06. The fraction of sp³-hybridized carbons (Fsp3) is 0.364. The number of nitrogens with one attached hydrogen (secondary N) is 1. The van der Waals surface area contributed by atoms with E-state index in [4.69, 9.17) is 16.7 Å². The Kier molecular flexibility index (Phi) is 2.93. The summed E-state index contributed by atoms with van der Waals surface area (Å²) in [6.07, 6.45) is 1.82. The van der Waals surface area contributed by atoms with Gasteiger partial charge < -0.3 is 10.4 Å². The SMILES string of the molecule is O=C1Cc2cc(Cl)cc(CCCO)c2N1. The zero-order valence-corrected chi connectivity index (χ0v) is 8.97. The van der Waals surface area contributed by atoms with E-state index in [1.165, 1.54) is 0 Å². The molecule has 0 radical (unpaired) electrons. The second kappa shape index (κ2) is 4.21. The van der Waals surface area contributed by atoms with Gasteiger partial charge in [-0.05, 0) is 36.1 Å². The van der Waals surface area contributed by atoms with Crippen molar-refractivity contribution in [2.24, 2.45) is 0 Å². The fourth-order valence-corrected chi connectivity index (χ4v) is 2.11. The molecule has 15 heavy (non-hydrogen) atoms. The fourth-order valence-electron chi connectivity index (χ4n) is 1.85. The van der Waals surface area contributed by atoms with Gasteiger partial charge in [-0.15, -0.1) is 0 Å². The number of anilines is 1. The number of hydrogen-bond donors (Lipinski definition) is 2. The summed E-state index contributed by atoms with van der Waals surface area (Å²) in [5, 5.41) is 12.3. The first kappa shape index (κ1) is 10.5. The molecule has 1 aromatic carbocycles. The van der Waals surface area contributed by atoms with Gasteiger partial charge in [-0.2, -0.15) is 0 Å². The Morgan fingerprint density at radius 3 is 3.00 bits per heavy atom. The number of amides is 1. The van der Waals surface area contributed by atoms with Crippen LogP contribution in [0.1, 0.15) is 17.5 Å². The number of carbonyl (C=O) groups is 1. The van der Waals surface area contributed by atoms with Crippen LogP contribution in [0.4, 0.5) is 5.69 Å². The van der Waals surface area contributed by atoms with Crippen molar-refractivity contribution in [2.75, 3.05) is 11.9 Å². The van der Waals surface area contributed by atoms with Gasteiger partial charge >= 0.3 is 0 Å². The molecule has 1 heterocycles. The minimum Gasteiger partial charge on any atom is -0.396 e. The van der Waals surface area contributed by atoms with E-state index in [1.807, 2.05) is 12.1 Å². The molecule has 1 aliphatic heterocycles. The van der Waals surface area contributed by atoms with E-state index in [0.717, 1.165) is 23.2 Å². The minimum absolute atomic E-state index is 0.0116. The molecule has 2 N–H and O–H groups in total. The number of benzene rings is 1. The third kappa shape index (κ3) is 2.13. The number of rotatable bonds is 3. The first-order valence-corrected chi connectivity index (χ1v) is 5.30. The summed E-state index contributed by atoms with van der Waals surface area (Å²) in [6, 6.07) is 3.67. The van der Waals surface area contributed by atoms with Crippen LogP contribution in [0.2, 0.25) is 5.02 Å². The number of carbonyl (C=O) groups excluding carboxylic acids is 1. The normalized spacial score (nSPS) is 13.9. The number of hydrogen-bond acceptors (Lipinski definition) is 2. The summed E-state index contributed by atoms with van der Waals surface area (Å²) in [7, 11) is 0. The highest BCUT2D eigenvalue weighted by Crippen LogP contribution is 2.31. The first-order chi connectivity index (χ1) is 7.20. The van der Waals surface area contributed by atoms with Crippen molar-refractivity contribution in [3.8, 4) is 0 Å². The monoisotopic (exact) mass is 225 g/mol. The van der Waals surface area contributed by atoms with Gasteiger partial charge in [-0.1, -0.05) is 11.6 Å². The largest absolute Gasteiger partial charge is 0.396 e. The molecule has 1 amide bonds. The first-order valence-electron chi connectivity index (χ1n) is 4.92. The lowest BCUT2D eigenvalue weighted by molar-refractivity contribution is -0.115. The molecule has 0 aliphatic carbocycles. The number of aliphatic hydroxyl groups is 1. The van der Waals surface area contributed by atoms with Crippen LogP contribution in [0.3, 0.4) is 0 Å². The van der Waals surface area contributed by atoms with E-state index in [-0.39, 0.29) is 12.5 Å². The van der Waals surface area contributed by atoms with Crippen molar-refractivity contribution in [1.82, 2.24) is 0 Å². The Labute approximate surface area is 93.1 Å². The van der Waals surface area contributed by atoms with Crippen LogP contribution in [0, 0.1) is 0 Å². The van der Waals surface area contributed by atoms with Crippen LogP contribution < -0.4 is 5.32 Å². The van der Waals surface area contributed by atoms with Crippen molar-refractivity contribution in [2.45, 2.75) is 19.3 Å². The van der Waals surface area contributed by atoms with Gasteiger partial charge in [0.1, 0.15) is 0 Å². The molecular weight excluding hydrogens is 214 g/mol. The molecule has 1 aliphatic rings. The molecule has 0 atom stereocenters. The maximum absolute atomic E-state index is 11.2. The van der Waals surface area contributed by atoms with Crippen LogP contribution in [-0.2, 0) is 17.6 Å². The van der Waals surface area contributed by atoms with Gasteiger partial charge in [0.15, 0.2) is 0 Å². The molecule has 0 fully saturated rings. The smallest absolute Gasteiger partial charge is 0.228 e. The predicted octanol–water partition coefficient (Wildman–Crippen LogP) is 1.76. The quantitative estimate of drug-likeness (QED) is 0.824. The zero-order valence-electron chi connectivity index (χ0n) is 8.22. The average molecular weight is 226 g/mol. The topological polar surface area (TPSA) is 49.3 Å². The summed E-state index contributed by atoms with van der Waals surface area (Å²) in [6.45, 7) is 0.148. The minimum atomic E-state index is 0.0116. The third-order valence-corrected chi connectivity index (χ3v) is 2.70. The van der Waals surface area contributed by atoms with Crippen molar-refractivity contribution >= 4 is 23.2 Å². The predicted molar refractivity (Wildman–Crippen MR) is 59.2 cm³/mol. The molecule has 0 spiro atoms. The molecule has 80 valence electrons.